The van der Waals surface area contributed by atoms with Crippen LogP contribution in [0.15, 0.2) is 42.5 Å². The molecular weight excluding hydrogens is 373 g/mol. The van der Waals surface area contributed by atoms with E-state index < -0.39 is 0 Å². The van der Waals surface area contributed by atoms with Crippen molar-refractivity contribution in [3.8, 4) is 0 Å². The Morgan fingerprint density at radius 1 is 1.08 bits per heavy atom. The summed E-state index contributed by atoms with van der Waals surface area (Å²) in [6, 6.07) is 12.4. The number of carbonyl (C=O) groups excluding carboxylic acids is 1. The molecule has 1 atom stereocenters. The summed E-state index contributed by atoms with van der Waals surface area (Å²) in [4.78, 5) is 14.4. The Morgan fingerprint density at radius 3 is 2.46 bits per heavy atom. The second-order valence-corrected chi connectivity index (χ2v) is 7.02. The number of halogens is 2. The van der Waals surface area contributed by atoms with E-state index in [2.05, 4.69) is 15.5 Å². The third-order valence-corrected chi connectivity index (χ3v) is 5.12. The van der Waals surface area contributed by atoms with E-state index in [9.17, 15) is 4.79 Å². The number of urea groups is 1. The molecule has 0 spiro atoms. The van der Waals surface area contributed by atoms with Gasteiger partial charge in [-0.1, -0.05) is 23.2 Å². The molecule has 0 radical (unpaired) electrons. The highest BCUT2D eigenvalue weighted by atomic mass is 35.5. The van der Waals surface area contributed by atoms with E-state index in [1.54, 1.807) is 25.3 Å². The standard InChI is InChI=1S/C19H21Cl2N3O2/c1-26-16-3-2-10-24(12-16)15-7-4-13(5-8-15)22-19(25)23-14-6-9-17(20)18(21)11-14/h4-9,11,16H,2-3,10,12H2,1H3,(H2,22,23,25). The second kappa shape index (κ2) is 8.62. The van der Waals surface area contributed by atoms with E-state index in [-0.39, 0.29) is 12.1 Å². The molecule has 3 rings (SSSR count). The first-order valence-corrected chi connectivity index (χ1v) is 9.21. The SMILES string of the molecule is COC1CCCN(c2ccc(NC(=O)Nc3ccc(Cl)c(Cl)c3)cc2)C1. The van der Waals surface area contributed by atoms with Crippen molar-refractivity contribution in [2.75, 3.05) is 35.7 Å². The van der Waals surface area contributed by atoms with Crippen molar-refractivity contribution in [3.05, 3.63) is 52.5 Å². The lowest BCUT2D eigenvalue weighted by atomic mass is 10.1. The Labute approximate surface area is 163 Å². The number of piperidine rings is 1. The number of anilines is 3. The zero-order chi connectivity index (χ0) is 18.5. The average Bonchev–Trinajstić information content (AvgIpc) is 2.65. The molecular formula is C19H21Cl2N3O2. The Balaban J connectivity index is 1.58. The summed E-state index contributed by atoms with van der Waals surface area (Å²) >= 11 is 11.8. The maximum atomic E-state index is 12.1. The molecule has 7 heteroatoms. The van der Waals surface area contributed by atoms with Gasteiger partial charge in [0.1, 0.15) is 0 Å². The van der Waals surface area contributed by atoms with Gasteiger partial charge in [-0.2, -0.15) is 0 Å². The number of carbonyl (C=O) groups is 1. The Kier molecular flexibility index (Phi) is 6.25. The minimum absolute atomic E-state index is 0.276. The first kappa shape index (κ1) is 18.8. The highest BCUT2D eigenvalue weighted by Crippen LogP contribution is 2.26. The number of hydrogen-bond donors (Lipinski definition) is 2. The number of rotatable bonds is 4. The molecule has 2 aromatic rings. The minimum Gasteiger partial charge on any atom is -0.380 e. The lowest BCUT2D eigenvalue weighted by Gasteiger charge is -2.33. The van der Waals surface area contributed by atoms with Crippen molar-refractivity contribution in [2.45, 2.75) is 18.9 Å². The minimum atomic E-state index is -0.339. The molecule has 1 unspecified atom stereocenters. The van der Waals surface area contributed by atoms with E-state index in [0.29, 0.717) is 21.4 Å². The molecule has 1 saturated heterocycles. The predicted molar refractivity (Wildman–Crippen MR) is 108 cm³/mol. The van der Waals surface area contributed by atoms with Crippen molar-refractivity contribution < 1.29 is 9.53 Å². The van der Waals surface area contributed by atoms with Crippen LogP contribution >= 0.6 is 23.2 Å². The number of methoxy groups -OCH3 is 1. The second-order valence-electron chi connectivity index (χ2n) is 6.20. The van der Waals surface area contributed by atoms with Crippen molar-refractivity contribution in [1.29, 1.82) is 0 Å². The fourth-order valence-corrected chi connectivity index (χ4v) is 3.29. The number of nitrogens with zero attached hydrogens (tertiary/aromatic N) is 1. The van der Waals surface area contributed by atoms with Gasteiger partial charge in [0.05, 0.1) is 16.1 Å². The van der Waals surface area contributed by atoms with E-state index >= 15 is 0 Å². The number of nitrogens with one attached hydrogen (secondary N) is 2. The molecule has 1 aliphatic rings. The van der Waals surface area contributed by atoms with Crippen molar-refractivity contribution >= 4 is 46.3 Å². The highest BCUT2D eigenvalue weighted by Gasteiger charge is 2.19. The molecule has 2 amide bonds. The molecule has 26 heavy (non-hydrogen) atoms. The summed E-state index contributed by atoms with van der Waals surface area (Å²) in [5.74, 6) is 0. The van der Waals surface area contributed by atoms with Crippen LogP contribution in [0.1, 0.15) is 12.8 Å². The average molecular weight is 394 g/mol. The molecule has 0 saturated carbocycles. The lowest BCUT2D eigenvalue weighted by molar-refractivity contribution is 0.0893. The van der Waals surface area contributed by atoms with Gasteiger partial charge in [-0.3, -0.25) is 0 Å². The summed E-state index contributed by atoms with van der Waals surface area (Å²) in [7, 11) is 1.76. The number of benzene rings is 2. The fraction of sp³-hybridized carbons (Fsp3) is 0.316. The fourth-order valence-electron chi connectivity index (χ4n) is 2.99. The van der Waals surface area contributed by atoms with Crippen molar-refractivity contribution in [1.82, 2.24) is 0 Å². The van der Waals surface area contributed by atoms with Gasteiger partial charge >= 0.3 is 6.03 Å². The van der Waals surface area contributed by atoms with Gasteiger partial charge in [0, 0.05) is 37.3 Å². The summed E-state index contributed by atoms with van der Waals surface area (Å²) in [6.07, 6.45) is 2.49. The van der Waals surface area contributed by atoms with E-state index in [1.807, 2.05) is 24.3 Å². The maximum absolute atomic E-state index is 12.1. The Bertz CT molecular complexity index is 768. The third kappa shape index (κ3) is 4.81. The third-order valence-electron chi connectivity index (χ3n) is 4.38. The lowest BCUT2D eigenvalue weighted by Crippen LogP contribution is -2.39. The van der Waals surface area contributed by atoms with Crippen molar-refractivity contribution in [2.24, 2.45) is 0 Å². The van der Waals surface area contributed by atoms with Crippen LogP contribution in [-0.2, 0) is 4.74 Å². The van der Waals surface area contributed by atoms with Crippen molar-refractivity contribution in [3.63, 3.8) is 0 Å². The van der Waals surface area contributed by atoms with Gasteiger partial charge in [0.2, 0.25) is 0 Å². The Morgan fingerprint density at radius 2 is 1.77 bits per heavy atom. The zero-order valence-electron chi connectivity index (χ0n) is 14.5. The van der Waals surface area contributed by atoms with Gasteiger partial charge in [0.25, 0.3) is 0 Å². The molecule has 1 fully saturated rings. The Hall–Kier alpha value is -1.95. The molecule has 1 aliphatic heterocycles. The molecule has 2 N–H and O–H groups in total. The van der Waals surface area contributed by atoms with Crippen LogP contribution in [0.2, 0.25) is 10.0 Å². The van der Waals surface area contributed by atoms with E-state index in [1.165, 1.54) is 0 Å². The van der Waals surface area contributed by atoms with Crippen LogP contribution in [0.5, 0.6) is 0 Å². The zero-order valence-corrected chi connectivity index (χ0v) is 16.0. The first-order chi connectivity index (χ1) is 12.5. The quantitative estimate of drug-likeness (QED) is 0.745. The van der Waals surface area contributed by atoms with Gasteiger partial charge in [-0.25, -0.2) is 4.79 Å². The predicted octanol–water partition coefficient (Wildman–Crippen LogP) is 5.25. The molecule has 0 bridgehead atoms. The molecule has 0 aliphatic carbocycles. The normalized spacial score (nSPS) is 17.0. The van der Waals surface area contributed by atoms with E-state index in [4.69, 9.17) is 27.9 Å². The molecule has 138 valence electrons. The number of ether oxygens (including phenoxy) is 1. The number of amides is 2. The topological polar surface area (TPSA) is 53.6 Å². The monoisotopic (exact) mass is 393 g/mol. The highest BCUT2D eigenvalue weighted by molar-refractivity contribution is 6.42. The molecule has 1 heterocycles. The summed E-state index contributed by atoms with van der Waals surface area (Å²) in [5.41, 5.74) is 2.42. The first-order valence-electron chi connectivity index (χ1n) is 8.46. The maximum Gasteiger partial charge on any atom is 0.323 e. The van der Waals surface area contributed by atoms with Crippen LogP contribution in [-0.4, -0.2) is 32.3 Å². The van der Waals surface area contributed by atoms with Gasteiger partial charge in [-0.05, 0) is 55.3 Å². The summed E-state index contributed by atoms with van der Waals surface area (Å²) in [6.45, 7) is 1.91. The summed E-state index contributed by atoms with van der Waals surface area (Å²) < 4.78 is 5.47. The molecule has 2 aromatic carbocycles. The smallest absolute Gasteiger partial charge is 0.323 e. The molecule has 0 aromatic heterocycles. The van der Waals surface area contributed by atoms with Gasteiger partial charge in [-0.15, -0.1) is 0 Å². The van der Waals surface area contributed by atoms with Crippen LogP contribution in [0.4, 0.5) is 21.9 Å². The van der Waals surface area contributed by atoms with E-state index in [0.717, 1.165) is 31.6 Å². The van der Waals surface area contributed by atoms with Crippen LogP contribution in [0.25, 0.3) is 0 Å². The van der Waals surface area contributed by atoms with Gasteiger partial charge < -0.3 is 20.3 Å². The summed E-state index contributed by atoms with van der Waals surface area (Å²) in [5, 5.41) is 6.37. The van der Waals surface area contributed by atoms with Crippen LogP contribution < -0.4 is 15.5 Å². The van der Waals surface area contributed by atoms with Crippen LogP contribution in [0, 0.1) is 0 Å². The molecule has 5 nitrogen and oxygen atoms in total. The van der Waals surface area contributed by atoms with Gasteiger partial charge in [0.15, 0.2) is 0 Å². The number of hydrogen-bond acceptors (Lipinski definition) is 3. The largest absolute Gasteiger partial charge is 0.380 e. The van der Waals surface area contributed by atoms with Crippen LogP contribution in [0.3, 0.4) is 0 Å².